The van der Waals surface area contributed by atoms with Crippen LogP contribution in [0.25, 0.3) is 17.0 Å². The molecule has 0 radical (unpaired) electrons. The lowest BCUT2D eigenvalue weighted by Crippen LogP contribution is -2.30. The molecule has 4 aromatic rings. The van der Waals surface area contributed by atoms with Crippen molar-refractivity contribution < 1.29 is 4.79 Å². The molecule has 0 unspecified atom stereocenters. The van der Waals surface area contributed by atoms with E-state index in [1.807, 2.05) is 80.1 Å². The molecule has 0 atom stereocenters. The summed E-state index contributed by atoms with van der Waals surface area (Å²) in [5, 5.41) is 3.95. The van der Waals surface area contributed by atoms with Crippen molar-refractivity contribution >= 4 is 45.5 Å². The number of hydrogen-bond donors (Lipinski definition) is 1. The van der Waals surface area contributed by atoms with E-state index in [1.54, 1.807) is 10.7 Å². The quantitative estimate of drug-likeness (QED) is 0.419. The highest BCUT2D eigenvalue weighted by Crippen LogP contribution is 2.30. The minimum Gasteiger partial charge on any atom is -0.300 e. The number of para-hydroxylation sites is 1. The van der Waals surface area contributed by atoms with Crippen molar-refractivity contribution in [3.8, 4) is 0 Å². The van der Waals surface area contributed by atoms with E-state index in [0.29, 0.717) is 26.8 Å². The number of carbonyl (C=O) groups is 1. The van der Waals surface area contributed by atoms with Crippen molar-refractivity contribution in [3.05, 3.63) is 98.2 Å². The zero-order chi connectivity index (χ0) is 24.7. The molecule has 8 heteroatoms. The van der Waals surface area contributed by atoms with Gasteiger partial charge in [0, 0.05) is 11.4 Å². The lowest BCUT2D eigenvalue weighted by Gasteiger charge is -2.16. The molecule has 0 aliphatic carbocycles. The van der Waals surface area contributed by atoms with Gasteiger partial charge in [-0.25, -0.2) is 9.98 Å². The van der Waals surface area contributed by atoms with E-state index in [1.165, 1.54) is 17.3 Å². The highest BCUT2D eigenvalue weighted by Gasteiger charge is 2.25. The number of aromatic nitrogens is 3. The van der Waals surface area contributed by atoms with Gasteiger partial charge in [-0.05, 0) is 86.5 Å². The standard InChI is InChI=1S/C27H25N5O2S/c1-5-19-10-12-21(13-11-19)29-27-30-25(33)24(35-27)15-20-14-16(2)31(17(20)3)32-18(4)28-23-9-7-6-8-22(23)26(32)34/h6-15H,5H2,1-4H3,(H,29,30,33). The third-order valence-corrected chi connectivity index (χ3v) is 6.97. The summed E-state index contributed by atoms with van der Waals surface area (Å²) in [6.45, 7) is 7.80. The molecule has 1 saturated heterocycles. The van der Waals surface area contributed by atoms with Crippen molar-refractivity contribution in [2.45, 2.75) is 34.1 Å². The molecule has 1 aliphatic rings. The second-order valence-electron chi connectivity index (χ2n) is 8.43. The third kappa shape index (κ3) is 4.21. The Balaban J connectivity index is 1.51. The van der Waals surface area contributed by atoms with Crippen LogP contribution in [-0.2, 0) is 11.2 Å². The predicted molar refractivity (Wildman–Crippen MR) is 142 cm³/mol. The van der Waals surface area contributed by atoms with Crippen LogP contribution in [0, 0.1) is 20.8 Å². The number of amides is 1. The number of rotatable bonds is 4. The highest BCUT2D eigenvalue weighted by atomic mass is 32.2. The van der Waals surface area contributed by atoms with Crippen molar-refractivity contribution in [2.75, 3.05) is 0 Å². The first kappa shape index (κ1) is 22.9. The van der Waals surface area contributed by atoms with E-state index >= 15 is 0 Å². The van der Waals surface area contributed by atoms with Crippen LogP contribution in [0.1, 0.15) is 35.3 Å². The molecule has 1 amide bonds. The van der Waals surface area contributed by atoms with E-state index in [-0.39, 0.29) is 11.5 Å². The van der Waals surface area contributed by atoms with Crippen molar-refractivity contribution in [1.82, 2.24) is 19.7 Å². The molecule has 2 aromatic heterocycles. The fourth-order valence-corrected chi connectivity index (χ4v) is 5.08. The first-order chi connectivity index (χ1) is 16.9. The molecule has 5 rings (SSSR count). The second kappa shape index (κ2) is 9.03. The zero-order valence-electron chi connectivity index (χ0n) is 20.0. The summed E-state index contributed by atoms with van der Waals surface area (Å²) in [6, 6.07) is 17.3. The average Bonchev–Trinajstić information content (AvgIpc) is 3.32. The number of nitrogens with one attached hydrogen (secondary N) is 1. The summed E-state index contributed by atoms with van der Waals surface area (Å²) >= 11 is 1.31. The first-order valence-corrected chi connectivity index (χ1v) is 12.2. The fraction of sp³-hybridized carbons (Fsp3) is 0.185. The molecule has 0 bridgehead atoms. The van der Waals surface area contributed by atoms with Crippen LogP contribution in [0.4, 0.5) is 5.69 Å². The summed E-state index contributed by atoms with van der Waals surface area (Å²) in [7, 11) is 0. The fourth-order valence-electron chi connectivity index (χ4n) is 4.25. The topological polar surface area (TPSA) is 81.3 Å². The number of aliphatic imine (C=N–C) groups is 1. The number of fused-ring (bicyclic) bond motifs is 1. The molecule has 3 heterocycles. The van der Waals surface area contributed by atoms with Gasteiger partial charge in [0.15, 0.2) is 5.17 Å². The molecule has 1 fully saturated rings. The van der Waals surface area contributed by atoms with Gasteiger partial charge in [-0.15, -0.1) is 0 Å². The van der Waals surface area contributed by atoms with Crippen LogP contribution < -0.4 is 10.9 Å². The van der Waals surface area contributed by atoms with Crippen LogP contribution in [0.3, 0.4) is 0 Å². The molecule has 35 heavy (non-hydrogen) atoms. The van der Waals surface area contributed by atoms with Gasteiger partial charge >= 0.3 is 0 Å². The Morgan fingerprint density at radius 1 is 1.03 bits per heavy atom. The smallest absolute Gasteiger partial charge is 0.280 e. The van der Waals surface area contributed by atoms with Crippen LogP contribution in [0.2, 0.25) is 0 Å². The molecule has 1 N–H and O–H groups in total. The summed E-state index contributed by atoms with van der Waals surface area (Å²) in [5.41, 5.74) is 5.13. The number of amidine groups is 1. The minimum atomic E-state index is -0.190. The molecule has 0 spiro atoms. The number of aryl methyl sites for hydroxylation is 3. The van der Waals surface area contributed by atoms with Gasteiger partial charge in [0.1, 0.15) is 5.82 Å². The number of thioether (sulfide) groups is 1. The van der Waals surface area contributed by atoms with E-state index in [0.717, 1.165) is 29.1 Å². The van der Waals surface area contributed by atoms with Crippen LogP contribution >= 0.6 is 11.8 Å². The number of benzene rings is 2. The molecule has 2 aromatic carbocycles. The van der Waals surface area contributed by atoms with Gasteiger partial charge in [0.05, 0.1) is 21.5 Å². The Morgan fingerprint density at radius 2 is 1.77 bits per heavy atom. The zero-order valence-corrected chi connectivity index (χ0v) is 20.8. The Labute approximate surface area is 207 Å². The number of nitrogens with zero attached hydrogens (tertiary/aromatic N) is 4. The van der Waals surface area contributed by atoms with Crippen molar-refractivity contribution in [1.29, 1.82) is 0 Å². The van der Waals surface area contributed by atoms with E-state index in [4.69, 9.17) is 0 Å². The predicted octanol–water partition coefficient (Wildman–Crippen LogP) is 4.89. The SMILES string of the molecule is CCc1ccc(N=C2NC(=O)C(=Cc3cc(C)n(-n4c(C)nc5ccccc5c4=O)c3C)S2)cc1. The third-order valence-electron chi connectivity index (χ3n) is 6.06. The van der Waals surface area contributed by atoms with Gasteiger partial charge in [-0.3, -0.25) is 14.3 Å². The average molecular weight is 484 g/mol. The number of carbonyl (C=O) groups excluding carboxylic acids is 1. The van der Waals surface area contributed by atoms with Gasteiger partial charge in [-0.2, -0.15) is 4.68 Å². The van der Waals surface area contributed by atoms with Crippen molar-refractivity contribution in [2.24, 2.45) is 4.99 Å². The normalized spacial score (nSPS) is 15.9. The van der Waals surface area contributed by atoms with E-state index < -0.39 is 0 Å². The van der Waals surface area contributed by atoms with Crippen LogP contribution in [0.5, 0.6) is 0 Å². The Morgan fingerprint density at radius 3 is 2.51 bits per heavy atom. The Hall–Kier alpha value is -3.91. The molecule has 0 saturated carbocycles. The molecule has 1 aliphatic heterocycles. The maximum Gasteiger partial charge on any atom is 0.280 e. The largest absolute Gasteiger partial charge is 0.300 e. The molecular weight excluding hydrogens is 458 g/mol. The number of hydrogen-bond acceptors (Lipinski definition) is 5. The molecule has 7 nitrogen and oxygen atoms in total. The summed E-state index contributed by atoms with van der Waals surface area (Å²) in [4.78, 5) is 35.7. The van der Waals surface area contributed by atoms with Crippen molar-refractivity contribution in [3.63, 3.8) is 0 Å². The van der Waals surface area contributed by atoms with Crippen LogP contribution in [-0.4, -0.2) is 25.4 Å². The van der Waals surface area contributed by atoms with E-state index in [9.17, 15) is 9.59 Å². The lowest BCUT2D eigenvalue weighted by molar-refractivity contribution is -0.115. The Kier molecular flexibility index (Phi) is 5.90. The minimum absolute atomic E-state index is 0.134. The lowest BCUT2D eigenvalue weighted by atomic mass is 10.2. The molecular formula is C27H25N5O2S. The Bertz CT molecular complexity index is 1590. The van der Waals surface area contributed by atoms with Gasteiger partial charge < -0.3 is 5.32 Å². The summed E-state index contributed by atoms with van der Waals surface area (Å²) < 4.78 is 3.44. The monoisotopic (exact) mass is 483 g/mol. The highest BCUT2D eigenvalue weighted by molar-refractivity contribution is 8.18. The second-order valence-corrected chi connectivity index (χ2v) is 9.46. The maximum absolute atomic E-state index is 13.3. The summed E-state index contributed by atoms with van der Waals surface area (Å²) in [5.74, 6) is 0.399. The summed E-state index contributed by atoms with van der Waals surface area (Å²) in [6.07, 6.45) is 2.81. The molecule has 176 valence electrons. The van der Waals surface area contributed by atoms with Gasteiger partial charge in [0.25, 0.3) is 11.5 Å². The van der Waals surface area contributed by atoms with Crippen LogP contribution in [0.15, 0.2) is 69.3 Å². The maximum atomic E-state index is 13.3. The van der Waals surface area contributed by atoms with Gasteiger partial charge in [-0.1, -0.05) is 31.2 Å². The van der Waals surface area contributed by atoms with Gasteiger partial charge in [0.2, 0.25) is 0 Å². The first-order valence-electron chi connectivity index (χ1n) is 11.4. The van der Waals surface area contributed by atoms with E-state index in [2.05, 4.69) is 22.2 Å².